The number of amides is 1. The molecule has 2 aromatic carbocycles. The number of benzene rings is 2. The number of carbonyl (C=O) groups is 1. The summed E-state index contributed by atoms with van der Waals surface area (Å²) in [6, 6.07) is 13.1. The molecule has 182 valence electrons. The van der Waals surface area contributed by atoms with Gasteiger partial charge < -0.3 is 25.6 Å². The van der Waals surface area contributed by atoms with Crippen molar-refractivity contribution < 1.29 is 19.7 Å². The van der Waals surface area contributed by atoms with Gasteiger partial charge in [0.1, 0.15) is 11.6 Å². The van der Waals surface area contributed by atoms with Crippen LogP contribution in [0.2, 0.25) is 0 Å². The first-order valence-electron chi connectivity index (χ1n) is 11.2. The Morgan fingerprint density at radius 2 is 1.91 bits per heavy atom. The monoisotopic (exact) mass is 475 g/mol. The Hall–Kier alpha value is -3.95. The summed E-state index contributed by atoms with van der Waals surface area (Å²) in [5, 5.41) is 31.2. The lowest BCUT2D eigenvalue weighted by Crippen LogP contribution is -2.26. The molecule has 9 heteroatoms. The second kappa shape index (κ2) is 10.1. The van der Waals surface area contributed by atoms with Gasteiger partial charge in [-0.1, -0.05) is 12.1 Å². The summed E-state index contributed by atoms with van der Waals surface area (Å²) in [7, 11) is 1.54. The molecular weight excluding hydrogens is 446 g/mol. The highest BCUT2D eigenvalue weighted by molar-refractivity contribution is 5.95. The van der Waals surface area contributed by atoms with Crippen molar-refractivity contribution in [2.24, 2.45) is 0 Å². The van der Waals surface area contributed by atoms with Gasteiger partial charge in [0.15, 0.2) is 0 Å². The summed E-state index contributed by atoms with van der Waals surface area (Å²) in [6.45, 7) is 3.97. The number of carbonyl (C=O) groups excluding carboxylic acids is 1. The lowest BCUT2D eigenvalue weighted by atomic mass is 10.0. The van der Waals surface area contributed by atoms with Crippen molar-refractivity contribution in [2.45, 2.75) is 26.0 Å². The lowest BCUT2D eigenvalue weighted by molar-refractivity contribution is 0.0577. The smallest absolute Gasteiger partial charge is 0.251 e. The van der Waals surface area contributed by atoms with Gasteiger partial charge in [0.25, 0.3) is 5.91 Å². The molecule has 4 N–H and O–H groups in total. The standard InChI is InChI=1S/C26H29N5O4/c1-26(2,34)16-31-15-21(14-29-31)17-4-5-19-13-28-24(12-20(19)10-17)30-22-7-6-18(11-23(22)35-3)25(33)27-8-9-32/h4-7,10-15,32,34H,8-9,16H2,1-3H3,(H,27,33)(H,28,30). The van der Waals surface area contributed by atoms with Crippen molar-refractivity contribution in [3.63, 3.8) is 0 Å². The normalized spacial score (nSPS) is 11.5. The molecule has 35 heavy (non-hydrogen) atoms. The number of rotatable bonds is 9. The molecule has 4 aromatic rings. The number of aromatic nitrogens is 3. The van der Waals surface area contributed by atoms with E-state index in [1.807, 2.05) is 24.4 Å². The fourth-order valence-electron chi connectivity index (χ4n) is 3.73. The largest absolute Gasteiger partial charge is 0.495 e. The van der Waals surface area contributed by atoms with Crippen molar-refractivity contribution in [1.29, 1.82) is 0 Å². The lowest BCUT2D eigenvalue weighted by Gasteiger charge is -2.16. The first-order chi connectivity index (χ1) is 16.8. The van der Waals surface area contributed by atoms with Crippen molar-refractivity contribution in [2.75, 3.05) is 25.6 Å². The van der Waals surface area contributed by atoms with Gasteiger partial charge in [-0.3, -0.25) is 9.48 Å². The van der Waals surface area contributed by atoms with Gasteiger partial charge in [-0.15, -0.1) is 0 Å². The number of hydrogen-bond donors (Lipinski definition) is 4. The predicted octanol–water partition coefficient (Wildman–Crippen LogP) is 3.34. The van der Waals surface area contributed by atoms with E-state index in [1.165, 1.54) is 7.11 Å². The molecule has 0 radical (unpaired) electrons. The summed E-state index contributed by atoms with van der Waals surface area (Å²) in [6.07, 6.45) is 5.50. The quantitative estimate of drug-likeness (QED) is 0.293. The number of methoxy groups -OCH3 is 1. The first kappa shape index (κ1) is 24.2. The fourth-order valence-corrected chi connectivity index (χ4v) is 3.73. The first-order valence-corrected chi connectivity index (χ1v) is 11.2. The van der Waals surface area contributed by atoms with Crippen LogP contribution in [0.25, 0.3) is 21.9 Å². The zero-order valence-corrected chi connectivity index (χ0v) is 19.9. The van der Waals surface area contributed by atoms with Crippen LogP contribution in [-0.4, -0.2) is 56.7 Å². The van der Waals surface area contributed by atoms with Crippen LogP contribution >= 0.6 is 0 Å². The minimum atomic E-state index is -0.846. The number of anilines is 2. The third-order valence-electron chi connectivity index (χ3n) is 5.36. The number of aliphatic hydroxyl groups excluding tert-OH is 1. The third kappa shape index (κ3) is 5.95. The van der Waals surface area contributed by atoms with Gasteiger partial charge in [0.05, 0.1) is 37.7 Å². The predicted molar refractivity (Wildman–Crippen MR) is 135 cm³/mol. The number of hydrogen-bond acceptors (Lipinski definition) is 7. The topological polar surface area (TPSA) is 122 Å². The van der Waals surface area contributed by atoms with E-state index in [1.54, 1.807) is 49.1 Å². The highest BCUT2D eigenvalue weighted by Crippen LogP contribution is 2.30. The molecule has 0 unspecified atom stereocenters. The van der Waals surface area contributed by atoms with Gasteiger partial charge in [-0.05, 0) is 55.1 Å². The van der Waals surface area contributed by atoms with Crippen LogP contribution < -0.4 is 15.4 Å². The number of ether oxygens (including phenoxy) is 1. The van der Waals surface area contributed by atoms with Crippen molar-refractivity contribution >= 4 is 28.2 Å². The summed E-state index contributed by atoms with van der Waals surface area (Å²) in [5.74, 6) is 0.839. The van der Waals surface area contributed by atoms with Gasteiger partial charge in [-0.25, -0.2) is 4.98 Å². The summed E-state index contributed by atoms with van der Waals surface area (Å²) >= 11 is 0. The Bertz CT molecular complexity index is 1340. The Labute approximate surface area is 203 Å². The molecule has 0 saturated carbocycles. The molecule has 1 amide bonds. The molecule has 0 aliphatic carbocycles. The van der Waals surface area contributed by atoms with Gasteiger partial charge in [-0.2, -0.15) is 5.10 Å². The van der Waals surface area contributed by atoms with E-state index in [-0.39, 0.29) is 19.1 Å². The molecule has 0 aliphatic rings. The second-order valence-corrected chi connectivity index (χ2v) is 8.89. The molecule has 4 rings (SSSR count). The van der Waals surface area contributed by atoms with E-state index in [2.05, 4.69) is 26.8 Å². The summed E-state index contributed by atoms with van der Waals surface area (Å²) < 4.78 is 7.20. The number of nitrogens with zero attached hydrogens (tertiary/aromatic N) is 3. The van der Waals surface area contributed by atoms with Gasteiger partial charge >= 0.3 is 0 Å². The number of fused-ring (bicyclic) bond motifs is 1. The van der Waals surface area contributed by atoms with Crippen molar-refractivity contribution in [1.82, 2.24) is 20.1 Å². The molecular formula is C26H29N5O4. The molecule has 0 saturated heterocycles. The van der Waals surface area contributed by atoms with Crippen molar-refractivity contribution in [3.8, 4) is 16.9 Å². The van der Waals surface area contributed by atoms with Crippen LogP contribution in [0, 0.1) is 0 Å². The average Bonchev–Trinajstić information content (AvgIpc) is 3.29. The molecule has 0 bridgehead atoms. The maximum absolute atomic E-state index is 12.2. The maximum Gasteiger partial charge on any atom is 0.251 e. The molecule has 2 heterocycles. The third-order valence-corrected chi connectivity index (χ3v) is 5.36. The Kier molecular flexibility index (Phi) is 6.99. The van der Waals surface area contributed by atoms with E-state index < -0.39 is 5.60 Å². The van der Waals surface area contributed by atoms with Crippen LogP contribution in [0.4, 0.5) is 11.5 Å². The zero-order valence-electron chi connectivity index (χ0n) is 19.9. The highest BCUT2D eigenvalue weighted by Gasteiger charge is 2.15. The van der Waals surface area contributed by atoms with E-state index in [0.29, 0.717) is 29.4 Å². The highest BCUT2D eigenvalue weighted by atomic mass is 16.5. The van der Waals surface area contributed by atoms with Crippen LogP contribution in [0.15, 0.2) is 61.1 Å². The molecule has 0 aliphatic heterocycles. The van der Waals surface area contributed by atoms with E-state index in [9.17, 15) is 9.90 Å². The minimum Gasteiger partial charge on any atom is -0.495 e. The van der Waals surface area contributed by atoms with E-state index in [4.69, 9.17) is 9.84 Å². The Balaban J connectivity index is 1.57. The molecule has 0 spiro atoms. The zero-order chi connectivity index (χ0) is 25.0. The van der Waals surface area contributed by atoms with Crippen molar-refractivity contribution in [3.05, 3.63) is 66.6 Å². The van der Waals surface area contributed by atoms with Crippen LogP contribution in [-0.2, 0) is 6.54 Å². The second-order valence-electron chi connectivity index (χ2n) is 8.89. The minimum absolute atomic E-state index is 0.124. The van der Waals surface area contributed by atoms with Crippen LogP contribution in [0.5, 0.6) is 5.75 Å². The van der Waals surface area contributed by atoms with E-state index in [0.717, 1.165) is 21.9 Å². The SMILES string of the molecule is COc1cc(C(=O)NCCO)ccc1Nc1cc2cc(-c3cnn(CC(C)(C)O)c3)ccc2cn1. The van der Waals surface area contributed by atoms with E-state index >= 15 is 0 Å². The van der Waals surface area contributed by atoms with Gasteiger partial charge in [0, 0.05) is 35.5 Å². The fraction of sp³-hybridized carbons (Fsp3) is 0.269. The Morgan fingerprint density at radius 1 is 1.09 bits per heavy atom. The number of aliphatic hydroxyl groups is 2. The molecule has 0 fully saturated rings. The summed E-state index contributed by atoms with van der Waals surface area (Å²) in [5.41, 5.74) is 2.22. The molecule has 9 nitrogen and oxygen atoms in total. The number of pyridine rings is 1. The van der Waals surface area contributed by atoms with Gasteiger partial charge in [0.2, 0.25) is 0 Å². The molecule has 0 atom stereocenters. The van der Waals surface area contributed by atoms with Crippen LogP contribution in [0.3, 0.4) is 0 Å². The number of nitrogens with one attached hydrogen (secondary N) is 2. The Morgan fingerprint density at radius 3 is 2.66 bits per heavy atom. The van der Waals surface area contributed by atoms with Crippen LogP contribution in [0.1, 0.15) is 24.2 Å². The molecule has 2 aromatic heterocycles. The summed E-state index contributed by atoms with van der Waals surface area (Å²) in [4.78, 5) is 16.7. The maximum atomic E-state index is 12.2. The average molecular weight is 476 g/mol.